The molecule has 2 aromatic carbocycles. The van der Waals surface area contributed by atoms with Gasteiger partial charge in [0.05, 0.1) is 21.7 Å². The van der Waals surface area contributed by atoms with Crippen molar-refractivity contribution >= 4 is 32.5 Å². The summed E-state index contributed by atoms with van der Waals surface area (Å²) < 4.78 is 28.7. The van der Waals surface area contributed by atoms with E-state index in [-0.39, 0.29) is 16.8 Å². The van der Waals surface area contributed by atoms with Crippen LogP contribution in [0.5, 0.6) is 0 Å². The third-order valence-electron chi connectivity index (χ3n) is 6.44. The second-order valence-corrected chi connectivity index (χ2v) is 10.6. The topological polar surface area (TPSA) is 141 Å². The van der Waals surface area contributed by atoms with Gasteiger partial charge in [-0.05, 0) is 74.6 Å². The van der Waals surface area contributed by atoms with E-state index < -0.39 is 10.0 Å². The smallest absolute Gasteiger partial charge is 0.261 e. The van der Waals surface area contributed by atoms with Gasteiger partial charge in [-0.15, -0.1) is 0 Å². The van der Waals surface area contributed by atoms with Gasteiger partial charge in [-0.2, -0.15) is 5.26 Å². The molecule has 0 fully saturated rings. The zero-order valence-corrected chi connectivity index (χ0v) is 20.6. The van der Waals surface area contributed by atoms with Crippen molar-refractivity contribution in [3.05, 3.63) is 82.6 Å². The number of nitriles is 1. The summed E-state index contributed by atoms with van der Waals surface area (Å²) in [4.78, 5) is 24.5. The summed E-state index contributed by atoms with van der Waals surface area (Å²) in [5.74, 6) is 0.483. The Kier molecular flexibility index (Phi) is 5.94. The van der Waals surface area contributed by atoms with Crippen molar-refractivity contribution in [2.45, 2.75) is 44.0 Å². The van der Waals surface area contributed by atoms with Crippen LogP contribution in [0.3, 0.4) is 0 Å². The quantitative estimate of drug-likeness (QED) is 0.383. The molecule has 0 spiro atoms. The van der Waals surface area contributed by atoms with Crippen molar-refractivity contribution in [1.82, 2.24) is 20.3 Å². The highest BCUT2D eigenvalue weighted by molar-refractivity contribution is 7.92. The maximum atomic E-state index is 13.0. The van der Waals surface area contributed by atoms with Crippen molar-refractivity contribution in [2.24, 2.45) is 0 Å². The van der Waals surface area contributed by atoms with Crippen LogP contribution in [0.4, 0.5) is 5.69 Å². The molecule has 0 aliphatic heterocycles. The molecule has 0 saturated carbocycles. The molecule has 1 aliphatic rings. The molecule has 1 amide bonds. The number of hydrogen-bond donors (Lipinski definition) is 3. The molecule has 2 aromatic heterocycles. The third kappa shape index (κ3) is 4.41. The number of nitrogens with one attached hydrogen (secondary N) is 3. The number of benzene rings is 2. The summed E-state index contributed by atoms with van der Waals surface area (Å²) >= 11 is 0. The first-order chi connectivity index (χ1) is 17.2. The van der Waals surface area contributed by atoms with Crippen molar-refractivity contribution < 1.29 is 13.2 Å². The van der Waals surface area contributed by atoms with E-state index in [9.17, 15) is 18.5 Å². The summed E-state index contributed by atoms with van der Waals surface area (Å²) in [6.07, 6.45) is 5.59. The van der Waals surface area contributed by atoms with E-state index >= 15 is 0 Å². The summed E-state index contributed by atoms with van der Waals surface area (Å²) in [7, 11) is -3.92. The SMILES string of the molecule is Cc1ncc2c(n1)CCC(NC(=O)c1ccc(S(=O)(=O)Nc3ccc(C)c4c(C#N)c[nH]c34)cc1)C2. The van der Waals surface area contributed by atoms with Gasteiger partial charge in [0.25, 0.3) is 15.9 Å². The van der Waals surface area contributed by atoms with Crippen LogP contribution in [0.2, 0.25) is 0 Å². The zero-order chi connectivity index (χ0) is 25.4. The molecule has 0 saturated heterocycles. The van der Waals surface area contributed by atoms with Crippen molar-refractivity contribution in [1.29, 1.82) is 5.26 Å². The Morgan fingerprint density at radius 3 is 2.69 bits per heavy atom. The van der Waals surface area contributed by atoms with E-state index in [1.807, 2.05) is 20.0 Å². The van der Waals surface area contributed by atoms with Crippen molar-refractivity contribution in [3.8, 4) is 6.07 Å². The molecule has 1 aliphatic carbocycles. The number of aromatic nitrogens is 3. The molecule has 182 valence electrons. The van der Waals surface area contributed by atoms with Gasteiger partial charge in [0.1, 0.15) is 11.9 Å². The lowest BCUT2D eigenvalue weighted by atomic mass is 9.92. The van der Waals surface area contributed by atoms with E-state index in [0.29, 0.717) is 34.1 Å². The molecule has 10 heteroatoms. The molecule has 3 N–H and O–H groups in total. The number of sulfonamides is 1. The van der Waals surface area contributed by atoms with Crippen LogP contribution in [-0.2, 0) is 22.9 Å². The van der Waals surface area contributed by atoms with Gasteiger partial charge in [-0.1, -0.05) is 6.07 Å². The number of H-pyrrole nitrogens is 1. The van der Waals surface area contributed by atoms with Crippen LogP contribution >= 0.6 is 0 Å². The number of aryl methyl sites for hydroxylation is 3. The molecule has 1 unspecified atom stereocenters. The summed E-state index contributed by atoms with van der Waals surface area (Å²) in [5.41, 5.74) is 4.65. The van der Waals surface area contributed by atoms with Crippen LogP contribution in [0.1, 0.15) is 45.0 Å². The zero-order valence-electron chi connectivity index (χ0n) is 19.8. The predicted octanol–water partition coefficient (Wildman–Crippen LogP) is 3.53. The average Bonchev–Trinajstić information content (AvgIpc) is 3.31. The van der Waals surface area contributed by atoms with Crippen molar-refractivity contribution in [2.75, 3.05) is 4.72 Å². The van der Waals surface area contributed by atoms with E-state index in [4.69, 9.17) is 0 Å². The number of amides is 1. The number of anilines is 1. The Balaban J connectivity index is 1.30. The number of carbonyl (C=O) groups is 1. The summed E-state index contributed by atoms with van der Waals surface area (Å²) in [6.45, 7) is 3.72. The number of aromatic amines is 1. The monoisotopic (exact) mass is 500 g/mol. The molecule has 36 heavy (non-hydrogen) atoms. The van der Waals surface area contributed by atoms with Gasteiger partial charge < -0.3 is 10.3 Å². The van der Waals surface area contributed by atoms with Gasteiger partial charge in [-0.25, -0.2) is 18.4 Å². The fourth-order valence-corrected chi connectivity index (χ4v) is 5.65. The number of carbonyl (C=O) groups excluding carboxylic acids is 1. The van der Waals surface area contributed by atoms with E-state index in [1.165, 1.54) is 24.3 Å². The first-order valence-corrected chi connectivity index (χ1v) is 13.0. The Bertz CT molecular complexity index is 1630. The standard InChI is InChI=1S/C26H24N6O3S/c1-15-3-9-23(25-24(15)19(12-27)14-29-25)32-36(34,35)21-7-4-17(5-8-21)26(33)31-20-6-10-22-18(11-20)13-28-16(2)30-22/h3-5,7-9,13-14,20,29,32H,6,10-11H2,1-2H3,(H,31,33). The van der Waals surface area contributed by atoms with Gasteiger partial charge in [0.15, 0.2) is 0 Å². The highest BCUT2D eigenvalue weighted by Gasteiger charge is 2.23. The molecule has 1 atom stereocenters. The Morgan fingerprint density at radius 1 is 1.17 bits per heavy atom. The van der Waals surface area contributed by atoms with Crippen molar-refractivity contribution in [3.63, 3.8) is 0 Å². The van der Waals surface area contributed by atoms with Crippen LogP contribution in [0.15, 0.2) is 53.7 Å². The minimum Gasteiger partial charge on any atom is -0.358 e. The van der Waals surface area contributed by atoms with E-state index in [2.05, 4.69) is 31.1 Å². The largest absolute Gasteiger partial charge is 0.358 e. The van der Waals surface area contributed by atoms with E-state index in [0.717, 1.165) is 35.5 Å². The van der Waals surface area contributed by atoms with Crippen LogP contribution in [0.25, 0.3) is 10.9 Å². The van der Waals surface area contributed by atoms with Crippen LogP contribution in [0, 0.1) is 25.2 Å². The molecular formula is C26H24N6O3S. The van der Waals surface area contributed by atoms with Gasteiger partial charge in [0, 0.05) is 35.1 Å². The Hall–Kier alpha value is -4.23. The predicted molar refractivity (Wildman–Crippen MR) is 135 cm³/mol. The maximum absolute atomic E-state index is 13.0. The molecule has 4 aromatic rings. The first kappa shape index (κ1) is 23.5. The minimum atomic E-state index is -3.92. The lowest BCUT2D eigenvalue weighted by Crippen LogP contribution is -2.39. The summed E-state index contributed by atoms with van der Waals surface area (Å²) in [5, 5.41) is 13.0. The lowest BCUT2D eigenvalue weighted by Gasteiger charge is -2.24. The molecule has 0 radical (unpaired) electrons. The molecule has 5 rings (SSSR count). The molecular weight excluding hydrogens is 476 g/mol. The maximum Gasteiger partial charge on any atom is 0.261 e. The lowest BCUT2D eigenvalue weighted by molar-refractivity contribution is 0.0933. The number of hydrogen-bond acceptors (Lipinski definition) is 6. The number of fused-ring (bicyclic) bond motifs is 2. The molecule has 0 bridgehead atoms. The second-order valence-electron chi connectivity index (χ2n) is 8.93. The van der Waals surface area contributed by atoms with E-state index in [1.54, 1.807) is 18.3 Å². The molecule has 9 nitrogen and oxygen atoms in total. The minimum absolute atomic E-state index is 0.0268. The summed E-state index contributed by atoms with van der Waals surface area (Å²) in [6, 6.07) is 11.3. The highest BCUT2D eigenvalue weighted by Crippen LogP contribution is 2.30. The van der Waals surface area contributed by atoms with Crippen LogP contribution < -0.4 is 10.0 Å². The third-order valence-corrected chi connectivity index (χ3v) is 7.82. The molecule has 2 heterocycles. The average molecular weight is 501 g/mol. The Labute approximate surface area is 208 Å². The fraction of sp³-hybridized carbons (Fsp3) is 0.231. The fourth-order valence-electron chi connectivity index (χ4n) is 4.58. The van der Waals surface area contributed by atoms with Gasteiger partial charge >= 0.3 is 0 Å². The second kappa shape index (κ2) is 9.09. The van der Waals surface area contributed by atoms with Crippen LogP contribution in [-0.4, -0.2) is 35.3 Å². The number of nitrogens with zero attached hydrogens (tertiary/aromatic N) is 3. The number of rotatable bonds is 5. The Morgan fingerprint density at radius 2 is 1.94 bits per heavy atom. The normalized spacial score (nSPS) is 15.2. The van der Waals surface area contributed by atoms with Gasteiger partial charge in [-0.3, -0.25) is 9.52 Å². The van der Waals surface area contributed by atoms with Gasteiger partial charge in [0.2, 0.25) is 0 Å². The highest BCUT2D eigenvalue weighted by atomic mass is 32.2. The first-order valence-electron chi connectivity index (χ1n) is 11.5.